The van der Waals surface area contributed by atoms with Crippen molar-refractivity contribution in [1.29, 1.82) is 0 Å². The molecule has 0 aliphatic carbocycles. The number of fused-ring (bicyclic) bond motifs is 1. The molecule has 2 heterocycles. The number of hydrogen-bond donors (Lipinski definition) is 3. The Morgan fingerprint density at radius 2 is 1.79 bits per heavy atom. The first-order valence-electron chi connectivity index (χ1n) is 14.8. The van der Waals surface area contributed by atoms with Crippen molar-refractivity contribution in [3.63, 3.8) is 0 Å². The number of allylic oxidation sites excluding steroid dienone is 1. The molecule has 1 saturated heterocycles. The summed E-state index contributed by atoms with van der Waals surface area (Å²) in [6, 6.07) is 7.29. The Balaban J connectivity index is 1.54. The number of carbonyl (C=O) groups excluding carboxylic acids is 1. The predicted molar refractivity (Wildman–Crippen MR) is 163 cm³/mol. The van der Waals surface area contributed by atoms with Gasteiger partial charge in [0.25, 0.3) is 0 Å². The highest BCUT2D eigenvalue weighted by Crippen LogP contribution is 2.36. The molecule has 0 radical (unpaired) electrons. The molecular formula is C32H42FN5O4. The number of rotatable bonds is 15. The smallest absolute Gasteiger partial charge is 0.243 e. The molecule has 4 rings (SSSR count). The van der Waals surface area contributed by atoms with E-state index >= 15 is 4.39 Å². The summed E-state index contributed by atoms with van der Waals surface area (Å²) in [6.45, 7) is 10.0. The van der Waals surface area contributed by atoms with E-state index in [9.17, 15) is 4.79 Å². The molecule has 1 amide bonds. The third-order valence-corrected chi connectivity index (χ3v) is 7.29. The highest BCUT2D eigenvalue weighted by molar-refractivity contribution is 5.93. The molecule has 3 aromatic rings. The van der Waals surface area contributed by atoms with Gasteiger partial charge in [0.15, 0.2) is 17.3 Å². The Kier molecular flexibility index (Phi) is 11.5. The molecule has 1 aromatic heterocycles. The molecule has 2 aromatic carbocycles. The molecule has 0 unspecified atom stereocenters. The van der Waals surface area contributed by atoms with Crippen LogP contribution in [0.15, 0.2) is 36.2 Å². The second-order valence-corrected chi connectivity index (χ2v) is 11.0. The van der Waals surface area contributed by atoms with Crippen molar-refractivity contribution in [2.24, 2.45) is 0 Å². The number of hydroxylamine groups is 1. The summed E-state index contributed by atoms with van der Waals surface area (Å²) in [5.74, 6) is 0.886. The van der Waals surface area contributed by atoms with E-state index in [1.54, 1.807) is 11.5 Å². The van der Waals surface area contributed by atoms with Crippen LogP contribution in [0.25, 0.3) is 17.0 Å². The third-order valence-electron chi connectivity index (χ3n) is 7.29. The fraction of sp³-hybridized carbons (Fsp3) is 0.469. The zero-order valence-corrected chi connectivity index (χ0v) is 24.8. The van der Waals surface area contributed by atoms with Crippen LogP contribution in [-0.2, 0) is 4.79 Å². The van der Waals surface area contributed by atoms with E-state index in [-0.39, 0.29) is 12.2 Å². The van der Waals surface area contributed by atoms with E-state index in [0.717, 1.165) is 50.0 Å². The number of aryl methyl sites for hydroxylation is 1. The van der Waals surface area contributed by atoms with Crippen LogP contribution in [0, 0.1) is 12.7 Å². The van der Waals surface area contributed by atoms with Gasteiger partial charge in [0.05, 0.1) is 24.4 Å². The maximum Gasteiger partial charge on any atom is 0.243 e. The molecule has 42 heavy (non-hydrogen) atoms. The van der Waals surface area contributed by atoms with Crippen molar-refractivity contribution >= 4 is 34.4 Å². The summed E-state index contributed by atoms with van der Waals surface area (Å²) < 4.78 is 27.9. The molecule has 10 heteroatoms. The molecule has 0 spiro atoms. The van der Waals surface area contributed by atoms with Gasteiger partial charge < -0.3 is 19.7 Å². The van der Waals surface area contributed by atoms with Crippen molar-refractivity contribution in [1.82, 2.24) is 20.3 Å². The highest BCUT2D eigenvalue weighted by Gasteiger charge is 2.16. The second kappa shape index (κ2) is 15.5. The summed E-state index contributed by atoms with van der Waals surface area (Å²) in [5.41, 5.74) is 5.04. The molecule has 9 nitrogen and oxygen atoms in total. The van der Waals surface area contributed by atoms with Gasteiger partial charge in [-0.15, -0.1) is 0 Å². The van der Waals surface area contributed by atoms with Gasteiger partial charge in [-0.1, -0.05) is 17.7 Å². The Bertz CT molecular complexity index is 1390. The Labute approximate surface area is 247 Å². The number of carbonyl (C=O) groups is 1. The molecular weight excluding hydrogens is 537 g/mol. The van der Waals surface area contributed by atoms with Crippen molar-refractivity contribution in [2.75, 3.05) is 38.2 Å². The largest absolute Gasteiger partial charge is 0.490 e. The van der Waals surface area contributed by atoms with E-state index in [1.165, 1.54) is 19.2 Å². The first-order chi connectivity index (χ1) is 20.4. The lowest BCUT2D eigenvalue weighted by molar-refractivity contribution is -0.129. The lowest BCUT2D eigenvalue weighted by Crippen LogP contribution is -2.22. The minimum absolute atomic E-state index is 0.259. The molecule has 0 atom stereocenters. The number of anilines is 2. The van der Waals surface area contributed by atoms with Gasteiger partial charge in [0.2, 0.25) is 5.91 Å². The quantitative estimate of drug-likeness (QED) is 0.106. The number of likely N-dealkylation sites (tertiary alicyclic amines) is 1. The zero-order valence-electron chi connectivity index (χ0n) is 24.8. The van der Waals surface area contributed by atoms with Crippen LogP contribution in [0.1, 0.15) is 69.9 Å². The average Bonchev–Trinajstić information content (AvgIpc) is 3.50. The first kappa shape index (κ1) is 31.2. The highest BCUT2D eigenvalue weighted by atomic mass is 19.1. The fourth-order valence-electron chi connectivity index (χ4n) is 5.05. The Morgan fingerprint density at radius 1 is 1.05 bits per heavy atom. The van der Waals surface area contributed by atoms with E-state index < -0.39 is 5.91 Å². The van der Waals surface area contributed by atoms with Crippen LogP contribution in [0.2, 0.25) is 0 Å². The zero-order chi connectivity index (χ0) is 29.9. The SMILES string of the molecule is CC(C)=Cc1c(C)ccc(Nc2ncnc3cc(OCCCN4CCCC4)c(OCCCCCC(=O)NO)cc23)c1F. The standard InChI is InChI=1S/C32H42FN5O4/c1-22(2)18-24-23(3)11-12-26(31(24)33)36-32-25-19-28(41-16-8-4-5-10-30(39)37-40)29(20-27(25)34-21-35-32)42-17-9-15-38-13-6-7-14-38/h11-12,18-21,40H,4-10,13-17H2,1-3H3,(H,37,39)(H,34,35,36). The summed E-state index contributed by atoms with van der Waals surface area (Å²) in [5, 5.41) is 12.5. The monoisotopic (exact) mass is 579 g/mol. The predicted octanol–water partition coefficient (Wildman–Crippen LogP) is 6.55. The van der Waals surface area contributed by atoms with Crippen molar-refractivity contribution < 1.29 is 23.9 Å². The van der Waals surface area contributed by atoms with Crippen LogP contribution >= 0.6 is 0 Å². The van der Waals surface area contributed by atoms with Gasteiger partial charge in [0.1, 0.15) is 12.1 Å². The van der Waals surface area contributed by atoms with Gasteiger partial charge >= 0.3 is 0 Å². The van der Waals surface area contributed by atoms with Crippen molar-refractivity contribution in [3.8, 4) is 11.5 Å². The number of aromatic nitrogens is 2. The number of amides is 1. The summed E-state index contributed by atoms with van der Waals surface area (Å²) in [4.78, 5) is 22.6. The number of benzene rings is 2. The lowest BCUT2D eigenvalue weighted by atomic mass is 10.0. The number of ether oxygens (including phenoxy) is 2. The van der Waals surface area contributed by atoms with Gasteiger partial charge in [-0.05, 0) is 90.1 Å². The van der Waals surface area contributed by atoms with Crippen LogP contribution in [0.3, 0.4) is 0 Å². The average molecular weight is 580 g/mol. The van der Waals surface area contributed by atoms with E-state index in [4.69, 9.17) is 14.7 Å². The fourth-order valence-corrected chi connectivity index (χ4v) is 5.05. The van der Waals surface area contributed by atoms with Crippen molar-refractivity contribution in [2.45, 2.75) is 65.7 Å². The summed E-state index contributed by atoms with van der Waals surface area (Å²) in [7, 11) is 0. The number of unbranched alkanes of at least 4 members (excludes halogenated alkanes) is 2. The van der Waals surface area contributed by atoms with Crippen LogP contribution in [0.4, 0.5) is 15.9 Å². The van der Waals surface area contributed by atoms with Crippen LogP contribution in [0.5, 0.6) is 11.5 Å². The minimum atomic E-state index is -0.395. The summed E-state index contributed by atoms with van der Waals surface area (Å²) >= 11 is 0. The number of nitrogens with zero attached hydrogens (tertiary/aromatic N) is 3. The second-order valence-electron chi connectivity index (χ2n) is 11.0. The molecule has 0 saturated carbocycles. The molecule has 0 bridgehead atoms. The Morgan fingerprint density at radius 3 is 2.52 bits per heavy atom. The van der Waals surface area contributed by atoms with E-state index in [1.807, 2.05) is 45.0 Å². The van der Waals surface area contributed by atoms with Gasteiger partial charge in [-0.3, -0.25) is 10.0 Å². The molecule has 1 aliphatic heterocycles. The van der Waals surface area contributed by atoms with E-state index in [2.05, 4.69) is 20.2 Å². The van der Waals surface area contributed by atoms with Crippen LogP contribution < -0.4 is 20.3 Å². The topological polar surface area (TPSA) is 109 Å². The summed E-state index contributed by atoms with van der Waals surface area (Å²) in [6.07, 6.45) is 9.10. The van der Waals surface area contributed by atoms with Gasteiger partial charge in [0, 0.05) is 30.0 Å². The molecule has 1 fully saturated rings. The Hall–Kier alpha value is -3.76. The third kappa shape index (κ3) is 8.62. The lowest BCUT2D eigenvalue weighted by Gasteiger charge is -2.17. The minimum Gasteiger partial charge on any atom is -0.490 e. The normalized spacial score (nSPS) is 13.3. The maximum atomic E-state index is 15.5. The van der Waals surface area contributed by atoms with Crippen molar-refractivity contribution in [3.05, 3.63) is 53.1 Å². The van der Waals surface area contributed by atoms with Gasteiger partial charge in [-0.25, -0.2) is 19.8 Å². The van der Waals surface area contributed by atoms with Gasteiger partial charge in [-0.2, -0.15) is 0 Å². The number of hydrogen-bond acceptors (Lipinski definition) is 8. The maximum absolute atomic E-state index is 15.5. The molecule has 226 valence electrons. The van der Waals surface area contributed by atoms with E-state index in [0.29, 0.717) is 59.1 Å². The first-order valence-corrected chi connectivity index (χ1v) is 14.8. The number of nitrogens with one attached hydrogen (secondary N) is 2. The molecule has 1 aliphatic rings. The molecule has 3 N–H and O–H groups in total. The van der Waals surface area contributed by atoms with Crippen LogP contribution in [-0.4, -0.2) is 58.8 Å². The number of halogens is 1.